The summed E-state index contributed by atoms with van der Waals surface area (Å²) in [4.78, 5) is 10.5. The fourth-order valence-corrected chi connectivity index (χ4v) is 9.35. The Kier molecular flexibility index (Phi) is 8.46. The van der Waals surface area contributed by atoms with E-state index in [1.165, 1.54) is 32.6 Å². The second-order valence-electron chi connectivity index (χ2n) is 15.7. The van der Waals surface area contributed by atoms with Gasteiger partial charge in [-0.3, -0.25) is 0 Å². The lowest BCUT2D eigenvalue weighted by molar-refractivity contribution is 1.15. The first kappa shape index (κ1) is 35.6. The first-order valence-electron chi connectivity index (χ1n) is 21.1. The van der Waals surface area contributed by atoms with Crippen molar-refractivity contribution in [3.05, 3.63) is 231 Å². The van der Waals surface area contributed by atoms with E-state index < -0.39 is 0 Å². The molecule has 0 aliphatic rings. The van der Waals surface area contributed by atoms with Gasteiger partial charge in [-0.25, -0.2) is 9.97 Å². The van der Waals surface area contributed by atoms with Crippen LogP contribution in [0, 0.1) is 0 Å². The molecule has 0 atom stereocenters. The smallest absolute Gasteiger partial charge is 0.160 e. The van der Waals surface area contributed by atoms with Crippen LogP contribution in [0.3, 0.4) is 0 Å². The van der Waals surface area contributed by atoms with Crippen molar-refractivity contribution < 1.29 is 0 Å². The Morgan fingerprint density at radius 3 is 1.23 bits per heavy atom. The Morgan fingerprint density at radius 2 is 0.694 bits per heavy atom. The average Bonchev–Trinajstić information content (AvgIpc) is 3.88. The summed E-state index contributed by atoms with van der Waals surface area (Å²) < 4.78 is 5.00. The van der Waals surface area contributed by atoms with E-state index in [1.54, 1.807) is 0 Å². The van der Waals surface area contributed by atoms with Crippen LogP contribution in [-0.2, 0) is 0 Å². The quantitative estimate of drug-likeness (QED) is 0.161. The first-order chi connectivity index (χ1) is 30.8. The summed E-state index contributed by atoms with van der Waals surface area (Å²) in [5, 5.41) is 4.83. The summed E-state index contributed by atoms with van der Waals surface area (Å²) in [6.07, 6.45) is 0. The molecule has 9 aromatic carbocycles. The third-order valence-corrected chi connectivity index (χ3v) is 12.1. The van der Waals surface area contributed by atoms with E-state index >= 15 is 0 Å². The standard InChI is InChI=1S/C58H38N4/c1-6-20-39(21-7-1)49-36-43(52-38-51(41-24-10-3-11-25-41)59-58(60-52)42-26-12-4-13-27-42)37-50(40-22-8-2-9-23-40)55(49)62-54-33-19-17-31-46(54)48-35-34-47-45-30-16-18-32-53(45)61(56(47)57(48)62)44-28-14-5-15-29-44/h1-38H. The second kappa shape index (κ2) is 14.7. The van der Waals surface area contributed by atoms with E-state index in [-0.39, 0.29) is 0 Å². The Balaban J connectivity index is 1.25. The Bertz CT molecular complexity index is 3470. The van der Waals surface area contributed by atoms with Crippen LogP contribution in [0.25, 0.3) is 111 Å². The summed E-state index contributed by atoms with van der Waals surface area (Å²) in [7, 11) is 0. The summed E-state index contributed by atoms with van der Waals surface area (Å²) in [6, 6.07) is 82.3. The normalized spacial score (nSPS) is 11.5. The lowest BCUT2D eigenvalue weighted by atomic mass is 9.91. The summed E-state index contributed by atoms with van der Waals surface area (Å²) >= 11 is 0. The zero-order chi connectivity index (χ0) is 41.0. The molecule has 3 aromatic heterocycles. The van der Waals surface area contributed by atoms with Crippen molar-refractivity contribution in [2.24, 2.45) is 0 Å². The van der Waals surface area contributed by atoms with Crippen molar-refractivity contribution >= 4 is 43.6 Å². The maximum atomic E-state index is 5.35. The average molecular weight is 791 g/mol. The van der Waals surface area contributed by atoms with Crippen molar-refractivity contribution in [1.29, 1.82) is 0 Å². The number of nitrogens with zero attached hydrogens (tertiary/aromatic N) is 4. The molecule has 12 aromatic rings. The minimum absolute atomic E-state index is 0.687. The highest BCUT2D eigenvalue weighted by molar-refractivity contribution is 6.24. The first-order valence-corrected chi connectivity index (χ1v) is 21.1. The van der Waals surface area contributed by atoms with Gasteiger partial charge in [-0.2, -0.15) is 0 Å². The van der Waals surface area contributed by atoms with E-state index in [4.69, 9.17) is 9.97 Å². The van der Waals surface area contributed by atoms with E-state index in [2.05, 4.69) is 215 Å². The van der Waals surface area contributed by atoms with Gasteiger partial charge in [0, 0.05) is 55.0 Å². The molecule has 0 unspecified atom stereocenters. The van der Waals surface area contributed by atoms with E-state index in [0.717, 1.165) is 72.7 Å². The van der Waals surface area contributed by atoms with Gasteiger partial charge < -0.3 is 9.13 Å². The molecule has 0 amide bonds. The summed E-state index contributed by atoms with van der Waals surface area (Å²) in [5.74, 6) is 0.687. The predicted octanol–water partition coefficient (Wildman–Crippen LogP) is 15.0. The van der Waals surface area contributed by atoms with Gasteiger partial charge in [0.2, 0.25) is 0 Å². The van der Waals surface area contributed by atoms with Gasteiger partial charge in [0.15, 0.2) is 5.82 Å². The molecule has 0 aliphatic carbocycles. The van der Waals surface area contributed by atoms with Crippen molar-refractivity contribution in [3.8, 4) is 67.5 Å². The zero-order valence-electron chi connectivity index (χ0n) is 33.7. The number of para-hydroxylation sites is 3. The molecule has 0 saturated carbocycles. The molecular formula is C58H38N4. The van der Waals surface area contributed by atoms with Crippen molar-refractivity contribution in [2.45, 2.75) is 0 Å². The summed E-state index contributed by atoms with van der Waals surface area (Å²) in [5.41, 5.74) is 16.1. The largest absolute Gasteiger partial charge is 0.307 e. The van der Waals surface area contributed by atoms with Crippen LogP contribution in [0.15, 0.2) is 231 Å². The Hall–Kier alpha value is -8.34. The lowest BCUT2D eigenvalue weighted by Gasteiger charge is -2.22. The van der Waals surface area contributed by atoms with E-state index in [1.807, 2.05) is 24.3 Å². The molecule has 62 heavy (non-hydrogen) atoms. The number of hydrogen-bond acceptors (Lipinski definition) is 2. The van der Waals surface area contributed by atoms with Gasteiger partial charge in [0.05, 0.1) is 39.1 Å². The highest BCUT2D eigenvalue weighted by Crippen LogP contribution is 2.47. The van der Waals surface area contributed by atoms with Crippen molar-refractivity contribution in [3.63, 3.8) is 0 Å². The van der Waals surface area contributed by atoms with Crippen LogP contribution in [0.5, 0.6) is 0 Å². The van der Waals surface area contributed by atoms with E-state index in [9.17, 15) is 0 Å². The third kappa shape index (κ3) is 5.84. The van der Waals surface area contributed by atoms with Crippen LogP contribution in [0.1, 0.15) is 0 Å². The Labute approximate surface area is 359 Å². The molecule has 0 bridgehead atoms. The second-order valence-corrected chi connectivity index (χ2v) is 15.7. The maximum Gasteiger partial charge on any atom is 0.160 e. The molecule has 0 N–H and O–H groups in total. The monoisotopic (exact) mass is 790 g/mol. The molecule has 0 fully saturated rings. The highest BCUT2D eigenvalue weighted by Gasteiger charge is 2.26. The van der Waals surface area contributed by atoms with Crippen LogP contribution in [0.4, 0.5) is 0 Å². The van der Waals surface area contributed by atoms with Gasteiger partial charge in [-0.15, -0.1) is 0 Å². The number of fused-ring (bicyclic) bond motifs is 7. The SMILES string of the molecule is c1ccc(-c2cc(-c3cc(-c4ccccc4)c(-n4c5ccccc5c5ccc6c7ccccc7n(-c7ccccc7)c6c54)c(-c4ccccc4)c3)nc(-c3ccccc3)n2)cc1. The van der Waals surface area contributed by atoms with Gasteiger partial charge in [0.25, 0.3) is 0 Å². The third-order valence-electron chi connectivity index (χ3n) is 12.1. The van der Waals surface area contributed by atoms with Crippen LogP contribution in [0.2, 0.25) is 0 Å². The maximum absolute atomic E-state index is 5.35. The highest BCUT2D eigenvalue weighted by atomic mass is 15.0. The number of hydrogen-bond donors (Lipinski definition) is 0. The van der Waals surface area contributed by atoms with Crippen LogP contribution < -0.4 is 0 Å². The molecule has 0 aliphatic heterocycles. The van der Waals surface area contributed by atoms with Crippen molar-refractivity contribution in [2.75, 3.05) is 0 Å². The van der Waals surface area contributed by atoms with E-state index in [0.29, 0.717) is 5.82 Å². The molecule has 0 spiro atoms. The lowest BCUT2D eigenvalue weighted by Crippen LogP contribution is -2.04. The fraction of sp³-hybridized carbons (Fsp3) is 0. The van der Waals surface area contributed by atoms with Gasteiger partial charge >= 0.3 is 0 Å². The Morgan fingerprint density at radius 1 is 0.290 bits per heavy atom. The zero-order valence-corrected chi connectivity index (χ0v) is 33.7. The molecule has 290 valence electrons. The minimum atomic E-state index is 0.687. The fourth-order valence-electron chi connectivity index (χ4n) is 9.35. The number of benzene rings is 9. The molecular weight excluding hydrogens is 753 g/mol. The summed E-state index contributed by atoms with van der Waals surface area (Å²) in [6.45, 7) is 0. The van der Waals surface area contributed by atoms with Gasteiger partial charge in [0.1, 0.15) is 0 Å². The number of aromatic nitrogens is 4. The molecule has 4 heteroatoms. The minimum Gasteiger partial charge on any atom is -0.307 e. The van der Waals surface area contributed by atoms with Gasteiger partial charge in [-0.1, -0.05) is 188 Å². The number of rotatable bonds is 7. The molecule has 0 radical (unpaired) electrons. The topological polar surface area (TPSA) is 35.6 Å². The molecule has 3 heterocycles. The van der Waals surface area contributed by atoms with Crippen molar-refractivity contribution in [1.82, 2.24) is 19.1 Å². The molecule has 12 rings (SSSR count). The van der Waals surface area contributed by atoms with Gasteiger partial charge in [-0.05, 0) is 53.6 Å². The van der Waals surface area contributed by atoms with Crippen LogP contribution >= 0.6 is 0 Å². The van der Waals surface area contributed by atoms with Crippen LogP contribution in [-0.4, -0.2) is 19.1 Å². The predicted molar refractivity (Wildman–Crippen MR) is 258 cm³/mol. The molecule has 0 saturated heterocycles. The molecule has 4 nitrogen and oxygen atoms in total.